The van der Waals surface area contributed by atoms with Crippen molar-refractivity contribution in [2.75, 3.05) is 26.3 Å². The van der Waals surface area contributed by atoms with Crippen LogP contribution in [0.1, 0.15) is 44.0 Å². The van der Waals surface area contributed by atoms with Gasteiger partial charge in [0, 0.05) is 18.7 Å². The number of carbonyl (C=O) groups excluding carboxylic acids is 2. The molecular formula is C17H25NO4. The molecule has 5 heteroatoms. The highest BCUT2D eigenvalue weighted by molar-refractivity contribution is 5.94. The van der Waals surface area contributed by atoms with Crippen LogP contribution in [0.4, 0.5) is 0 Å². The monoisotopic (exact) mass is 307 g/mol. The Morgan fingerprint density at radius 3 is 2.50 bits per heavy atom. The van der Waals surface area contributed by atoms with Crippen LogP contribution in [0.3, 0.4) is 0 Å². The van der Waals surface area contributed by atoms with Crippen molar-refractivity contribution in [1.29, 1.82) is 0 Å². The highest BCUT2D eigenvalue weighted by Gasteiger charge is 2.17. The van der Waals surface area contributed by atoms with Crippen LogP contribution in [0, 0.1) is 0 Å². The Labute approximate surface area is 132 Å². The third-order valence-electron chi connectivity index (χ3n) is 3.06. The zero-order chi connectivity index (χ0) is 16.4. The van der Waals surface area contributed by atoms with Crippen LogP contribution in [-0.4, -0.2) is 43.1 Å². The second-order valence-corrected chi connectivity index (χ2v) is 4.81. The Bertz CT molecular complexity index is 487. The predicted molar refractivity (Wildman–Crippen MR) is 85.1 cm³/mol. The zero-order valence-electron chi connectivity index (χ0n) is 13.6. The summed E-state index contributed by atoms with van der Waals surface area (Å²) >= 11 is 0. The first-order valence-corrected chi connectivity index (χ1v) is 7.80. The molecule has 0 N–H and O–H groups in total. The summed E-state index contributed by atoms with van der Waals surface area (Å²) in [4.78, 5) is 25.7. The largest absolute Gasteiger partial charge is 0.494 e. The summed E-state index contributed by atoms with van der Waals surface area (Å²) in [5.74, 6) is 0.308. The number of esters is 1. The van der Waals surface area contributed by atoms with Crippen molar-refractivity contribution in [3.63, 3.8) is 0 Å². The van der Waals surface area contributed by atoms with Crippen LogP contribution in [0.5, 0.6) is 5.75 Å². The number of rotatable bonds is 9. The van der Waals surface area contributed by atoms with Gasteiger partial charge in [-0.15, -0.1) is 0 Å². The molecule has 0 radical (unpaired) electrons. The first kappa shape index (κ1) is 18.0. The van der Waals surface area contributed by atoms with Gasteiger partial charge in [0.25, 0.3) is 5.91 Å². The van der Waals surface area contributed by atoms with E-state index in [0.717, 1.165) is 6.42 Å². The van der Waals surface area contributed by atoms with E-state index in [9.17, 15) is 9.59 Å². The summed E-state index contributed by atoms with van der Waals surface area (Å²) in [7, 11) is 0. The molecule has 0 saturated heterocycles. The fourth-order valence-electron chi connectivity index (χ4n) is 2.11. The van der Waals surface area contributed by atoms with Crippen LogP contribution < -0.4 is 4.74 Å². The van der Waals surface area contributed by atoms with Gasteiger partial charge in [0.1, 0.15) is 5.75 Å². The standard InChI is InChI=1S/C17H25NO4/c1-4-11-18(12-10-16(19)22-6-3)17(20)14-8-7-9-15(13-14)21-5-2/h7-9,13H,4-6,10-12H2,1-3H3. The molecule has 1 aromatic rings. The van der Waals surface area contributed by atoms with Crippen molar-refractivity contribution in [3.8, 4) is 5.75 Å². The normalized spacial score (nSPS) is 10.1. The SMILES string of the molecule is CCCN(CCC(=O)OCC)C(=O)c1cccc(OCC)c1. The molecule has 0 unspecified atom stereocenters. The molecule has 0 heterocycles. The number of hydrogen-bond acceptors (Lipinski definition) is 4. The zero-order valence-corrected chi connectivity index (χ0v) is 13.6. The molecule has 0 aliphatic rings. The Morgan fingerprint density at radius 2 is 1.86 bits per heavy atom. The molecule has 0 aromatic heterocycles. The van der Waals surface area contributed by atoms with Gasteiger partial charge in [-0.25, -0.2) is 0 Å². The summed E-state index contributed by atoms with van der Waals surface area (Å²) in [6, 6.07) is 7.12. The van der Waals surface area contributed by atoms with Gasteiger partial charge in [0.2, 0.25) is 0 Å². The van der Waals surface area contributed by atoms with E-state index in [-0.39, 0.29) is 18.3 Å². The first-order valence-electron chi connectivity index (χ1n) is 7.80. The average Bonchev–Trinajstić information content (AvgIpc) is 2.51. The van der Waals surface area contributed by atoms with Crippen LogP contribution >= 0.6 is 0 Å². The van der Waals surface area contributed by atoms with Gasteiger partial charge in [-0.05, 0) is 38.5 Å². The third-order valence-corrected chi connectivity index (χ3v) is 3.06. The van der Waals surface area contributed by atoms with E-state index in [1.165, 1.54) is 0 Å². The molecule has 0 spiro atoms. The second-order valence-electron chi connectivity index (χ2n) is 4.81. The van der Waals surface area contributed by atoms with E-state index in [4.69, 9.17) is 9.47 Å². The molecule has 0 saturated carbocycles. The molecule has 0 fully saturated rings. The van der Waals surface area contributed by atoms with E-state index in [0.29, 0.717) is 37.6 Å². The van der Waals surface area contributed by atoms with Gasteiger partial charge in [-0.1, -0.05) is 13.0 Å². The average molecular weight is 307 g/mol. The quantitative estimate of drug-likeness (QED) is 0.658. The molecule has 122 valence electrons. The molecule has 5 nitrogen and oxygen atoms in total. The Morgan fingerprint density at radius 1 is 1.09 bits per heavy atom. The van der Waals surface area contributed by atoms with Crippen LogP contribution in [-0.2, 0) is 9.53 Å². The van der Waals surface area contributed by atoms with Crippen LogP contribution in [0.2, 0.25) is 0 Å². The van der Waals surface area contributed by atoms with Crippen LogP contribution in [0.25, 0.3) is 0 Å². The molecule has 0 aliphatic carbocycles. The van der Waals surface area contributed by atoms with E-state index in [2.05, 4.69) is 0 Å². The Balaban J connectivity index is 2.75. The van der Waals surface area contributed by atoms with Gasteiger partial charge in [0.15, 0.2) is 0 Å². The van der Waals surface area contributed by atoms with Crippen molar-refractivity contribution < 1.29 is 19.1 Å². The molecule has 1 rings (SSSR count). The lowest BCUT2D eigenvalue weighted by atomic mass is 10.1. The summed E-state index contributed by atoms with van der Waals surface area (Å²) < 4.78 is 10.3. The molecular weight excluding hydrogens is 282 g/mol. The van der Waals surface area contributed by atoms with E-state index >= 15 is 0 Å². The predicted octanol–water partition coefficient (Wildman–Crippen LogP) is 2.89. The Kier molecular flexibility index (Phi) is 8.04. The fourth-order valence-corrected chi connectivity index (χ4v) is 2.11. The molecule has 22 heavy (non-hydrogen) atoms. The minimum absolute atomic E-state index is 0.0901. The van der Waals surface area contributed by atoms with E-state index in [1.54, 1.807) is 30.0 Å². The summed E-state index contributed by atoms with van der Waals surface area (Å²) in [5.41, 5.74) is 0.572. The lowest BCUT2D eigenvalue weighted by Crippen LogP contribution is -2.34. The first-order chi connectivity index (χ1) is 10.6. The smallest absolute Gasteiger partial charge is 0.307 e. The van der Waals surface area contributed by atoms with Crippen molar-refractivity contribution >= 4 is 11.9 Å². The van der Waals surface area contributed by atoms with Crippen molar-refractivity contribution in [2.45, 2.75) is 33.6 Å². The highest BCUT2D eigenvalue weighted by atomic mass is 16.5. The summed E-state index contributed by atoms with van der Waals surface area (Å²) in [6.07, 6.45) is 1.05. The topological polar surface area (TPSA) is 55.8 Å². The van der Waals surface area contributed by atoms with Gasteiger partial charge in [-0.3, -0.25) is 9.59 Å². The van der Waals surface area contributed by atoms with E-state index < -0.39 is 0 Å². The lowest BCUT2D eigenvalue weighted by molar-refractivity contribution is -0.143. The van der Waals surface area contributed by atoms with E-state index in [1.807, 2.05) is 19.9 Å². The fraction of sp³-hybridized carbons (Fsp3) is 0.529. The van der Waals surface area contributed by atoms with Gasteiger partial charge in [-0.2, -0.15) is 0 Å². The number of nitrogens with zero attached hydrogens (tertiary/aromatic N) is 1. The lowest BCUT2D eigenvalue weighted by Gasteiger charge is -2.22. The van der Waals surface area contributed by atoms with Gasteiger partial charge < -0.3 is 14.4 Å². The molecule has 0 aliphatic heterocycles. The maximum atomic E-state index is 12.6. The van der Waals surface area contributed by atoms with Crippen molar-refractivity contribution in [2.24, 2.45) is 0 Å². The van der Waals surface area contributed by atoms with Crippen molar-refractivity contribution in [3.05, 3.63) is 29.8 Å². The number of hydrogen-bond donors (Lipinski definition) is 0. The number of benzene rings is 1. The number of ether oxygens (including phenoxy) is 2. The second kappa shape index (κ2) is 9.82. The third kappa shape index (κ3) is 5.76. The van der Waals surface area contributed by atoms with Crippen LogP contribution in [0.15, 0.2) is 24.3 Å². The Hall–Kier alpha value is -2.04. The van der Waals surface area contributed by atoms with Crippen molar-refractivity contribution in [1.82, 2.24) is 4.90 Å². The summed E-state index contributed by atoms with van der Waals surface area (Å²) in [5, 5.41) is 0. The van der Waals surface area contributed by atoms with Gasteiger partial charge >= 0.3 is 5.97 Å². The minimum Gasteiger partial charge on any atom is -0.494 e. The molecule has 0 bridgehead atoms. The molecule has 1 amide bonds. The number of carbonyl (C=O) groups is 2. The maximum Gasteiger partial charge on any atom is 0.307 e. The summed E-state index contributed by atoms with van der Waals surface area (Å²) in [6.45, 7) is 7.56. The highest BCUT2D eigenvalue weighted by Crippen LogP contribution is 2.15. The number of amides is 1. The molecule has 0 atom stereocenters. The maximum absolute atomic E-state index is 12.6. The van der Waals surface area contributed by atoms with Gasteiger partial charge in [0.05, 0.1) is 19.6 Å². The minimum atomic E-state index is -0.278. The molecule has 1 aromatic carbocycles.